The molecule has 2 aromatic rings. The van der Waals surface area contributed by atoms with Gasteiger partial charge in [-0.05, 0) is 37.8 Å². The number of esters is 1. The van der Waals surface area contributed by atoms with Gasteiger partial charge in [0, 0.05) is 29.4 Å². The van der Waals surface area contributed by atoms with Crippen LogP contribution in [0.2, 0.25) is 0 Å². The fourth-order valence-corrected chi connectivity index (χ4v) is 4.09. The van der Waals surface area contributed by atoms with Crippen molar-refractivity contribution >= 4 is 23.2 Å². The van der Waals surface area contributed by atoms with E-state index in [0.717, 1.165) is 29.8 Å². The molecule has 2 heterocycles. The number of pyridine rings is 1. The van der Waals surface area contributed by atoms with Gasteiger partial charge in [0.1, 0.15) is 5.01 Å². The molecule has 0 aliphatic heterocycles. The van der Waals surface area contributed by atoms with Crippen LogP contribution in [-0.2, 0) is 20.7 Å². The summed E-state index contributed by atoms with van der Waals surface area (Å²) in [4.78, 5) is 33.0. The Morgan fingerprint density at radius 1 is 1.37 bits per heavy atom. The van der Waals surface area contributed by atoms with E-state index in [9.17, 15) is 9.59 Å². The monoisotopic (exact) mass is 387 g/mol. The van der Waals surface area contributed by atoms with Crippen LogP contribution in [0.15, 0.2) is 29.9 Å². The largest absolute Gasteiger partial charge is 0.452 e. The van der Waals surface area contributed by atoms with Crippen LogP contribution in [-0.4, -0.2) is 34.0 Å². The van der Waals surface area contributed by atoms with Gasteiger partial charge in [0.2, 0.25) is 0 Å². The standard InChI is InChI=1S/C20H25N3O3S/c1-13-6-3-4-8-17(13)23-19(25)14(2)26-18(24)10-16-12-27-20(22-16)15-7-5-9-21-11-15/h5,7,9,11-14,17H,3-4,6,8,10H2,1-2H3,(H,23,25)/t13-,14+,17-/m0/s1. The molecule has 1 amide bonds. The van der Waals surface area contributed by atoms with Crippen LogP contribution < -0.4 is 5.32 Å². The third-order valence-corrected chi connectivity index (χ3v) is 5.84. The summed E-state index contributed by atoms with van der Waals surface area (Å²) in [6.45, 7) is 3.77. The molecule has 3 atom stereocenters. The summed E-state index contributed by atoms with van der Waals surface area (Å²) in [6.07, 6.45) is 7.15. The highest BCUT2D eigenvalue weighted by molar-refractivity contribution is 7.13. The lowest BCUT2D eigenvalue weighted by Crippen LogP contribution is -2.46. The first-order valence-corrected chi connectivity index (χ1v) is 10.3. The Morgan fingerprint density at radius 3 is 2.93 bits per heavy atom. The lowest BCUT2D eigenvalue weighted by molar-refractivity contribution is -0.154. The molecule has 2 aromatic heterocycles. The number of hydrogen-bond acceptors (Lipinski definition) is 6. The number of carbonyl (C=O) groups excluding carboxylic acids is 2. The Balaban J connectivity index is 1.50. The molecule has 27 heavy (non-hydrogen) atoms. The summed E-state index contributed by atoms with van der Waals surface area (Å²) in [7, 11) is 0. The molecular formula is C20H25N3O3S. The fourth-order valence-electron chi connectivity index (χ4n) is 3.28. The van der Waals surface area contributed by atoms with Crippen molar-refractivity contribution < 1.29 is 14.3 Å². The number of carbonyl (C=O) groups is 2. The lowest BCUT2D eigenvalue weighted by Gasteiger charge is -2.30. The maximum absolute atomic E-state index is 12.3. The molecule has 0 saturated heterocycles. The van der Waals surface area contributed by atoms with Gasteiger partial charge in [-0.2, -0.15) is 0 Å². The van der Waals surface area contributed by atoms with Crippen molar-refractivity contribution in [1.82, 2.24) is 15.3 Å². The second-order valence-corrected chi connectivity index (χ2v) is 7.93. The van der Waals surface area contributed by atoms with Crippen LogP contribution in [0, 0.1) is 5.92 Å². The summed E-state index contributed by atoms with van der Waals surface area (Å²) < 4.78 is 5.31. The normalized spacial score (nSPS) is 20.7. The highest BCUT2D eigenvalue weighted by Crippen LogP contribution is 2.24. The highest BCUT2D eigenvalue weighted by Gasteiger charge is 2.26. The van der Waals surface area contributed by atoms with Crippen molar-refractivity contribution in [3.05, 3.63) is 35.6 Å². The molecule has 0 radical (unpaired) electrons. The zero-order valence-corrected chi connectivity index (χ0v) is 16.5. The van der Waals surface area contributed by atoms with Gasteiger partial charge in [0.05, 0.1) is 12.1 Å². The minimum absolute atomic E-state index is 0.0498. The van der Waals surface area contributed by atoms with Crippen LogP contribution in [0.1, 0.15) is 45.2 Å². The molecule has 0 aromatic carbocycles. The number of nitrogens with zero attached hydrogens (tertiary/aromatic N) is 2. The second-order valence-electron chi connectivity index (χ2n) is 7.07. The molecule has 1 aliphatic rings. The van der Waals surface area contributed by atoms with Crippen molar-refractivity contribution in [2.24, 2.45) is 5.92 Å². The number of hydrogen-bond donors (Lipinski definition) is 1. The Morgan fingerprint density at radius 2 is 2.19 bits per heavy atom. The predicted molar refractivity (Wildman–Crippen MR) is 104 cm³/mol. The number of rotatable bonds is 6. The topological polar surface area (TPSA) is 81.2 Å². The summed E-state index contributed by atoms with van der Waals surface area (Å²) in [5, 5.41) is 5.67. The lowest BCUT2D eigenvalue weighted by atomic mass is 9.86. The van der Waals surface area contributed by atoms with Gasteiger partial charge in [0.15, 0.2) is 6.10 Å². The van der Waals surface area contributed by atoms with E-state index in [0.29, 0.717) is 11.6 Å². The minimum atomic E-state index is -0.803. The predicted octanol–water partition coefficient (Wildman–Crippen LogP) is 3.37. The second kappa shape index (κ2) is 9.08. The van der Waals surface area contributed by atoms with Gasteiger partial charge in [-0.25, -0.2) is 4.98 Å². The smallest absolute Gasteiger partial charge is 0.312 e. The van der Waals surface area contributed by atoms with E-state index in [1.54, 1.807) is 19.3 Å². The zero-order valence-electron chi connectivity index (χ0n) is 15.7. The molecule has 0 unspecified atom stereocenters. The van der Waals surface area contributed by atoms with E-state index >= 15 is 0 Å². The average molecular weight is 388 g/mol. The molecule has 1 saturated carbocycles. The summed E-state index contributed by atoms with van der Waals surface area (Å²) in [5.74, 6) is -0.208. The van der Waals surface area contributed by atoms with Crippen LogP contribution >= 0.6 is 11.3 Å². The van der Waals surface area contributed by atoms with Crippen molar-refractivity contribution in [1.29, 1.82) is 0 Å². The third-order valence-electron chi connectivity index (χ3n) is 4.90. The fraction of sp³-hybridized carbons (Fsp3) is 0.500. The van der Waals surface area contributed by atoms with Crippen molar-refractivity contribution in [3.63, 3.8) is 0 Å². The van der Waals surface area contributed by atoms with Crippen LogP contribution in [0.5, 0.6) is 0 Å². The Labute approximate surface area is 163 Å². The minimum Gasteiger partial charge on any atom is -0.452 e. The van der Waals surface area contributed by atoms with Gasteiger partial charge in [-0.15, -0.1) is 11.3 Å². The third kappa shape index (κ3) is 5.35. The molecule has 1 fully saturated rings. The average Bonchev–Trinajstić information content (AvgIpc) is 3.12. The van der Waals surface area contributed by atoms with E-state index in [1.165, 1.54) is 17.8 Å². The highest BCUT2D eigenvalue weighted by atomic mass is 32.1. The van der Waals surface area contributed by atoms with Gasteiger partial charge >= 0.3 is 5.97 Å². The van der Waals surface area contributed by atoms with Gasteiger partial charge < -0.3 is 10.1 Å². The maximum Gasteiger partial charge on any atom is 0.312 e. The molecule has 6 nitrogen and oxygen atoms in total. The number of aromatic nitrogens is 2. The maximum atomic E-state index is 12.3. The molecule has 0 bridgehead atoms. The molecule has 0 spiro atoms. The van der Waals surface area contributed by atoms with Crippen LogP contribution in [0.4, 0.5) is 0 Å². The molecule has 1 aliphatic carbocycles. The Hall–Kier alpha value is -2.28. The molecular weight excluding hydrogens is 362 g/mol. The SMILES string of the molecule is C[C@@H](OC(=O)Cc1csc(-c2cccnc2)n1)C(=O)N[C@H]1CCCC[C@@H]1C. The Kier molecular flexibility index (Phi) is 6.55. The van der Waals surface area contributed by atoms with Crippen molar-refractivity contribution in [2.75, 3.05) is 0 Å². The van der Waals surface area contributed by atoms with E-state index in [1.807, 2.05) is 17.5 Å². The first-order chi connectivity index (χ1) is 13.0. The first-order valence-electron chi connectivity index (χ1n) is 9.37. The quantitative estimate of drug-likeness (QED) is 0.769. The number of nitrogens with one attached hydrogen (secondary N) is 1. The van der Waals surface area contributed by atoms with Gasteiger partial charge in [-0.1, -0.05) is 19.8 Å². The molecule has 1 N–H and O–H groups in total. The molecule has 3 rings (SSSR count). The summed E-state index contributed by atoms with van der Waals surface area (Å²) in [6, 6.07) is 3.94. The summed E-state index contributed by atoms with van der Waals surface area (Å²) in [5.41, 5.74) is 1.55. The van der Waals surface area contributed by atoms with E-state index < -0.39 is 12.1 Å². The van der Waals surface area contributed by atoms with Crippen LogP contribution in [0.25, 0.3) is 10.6 Å². The number of ether oxygens (including phenoxy) is 1. The number of amides is 1. The zero-order chi connectivity index (χ0) is 19.2. The van der Waals surface area contributed by atoms with Crippen LogP contribution in [0.3, 0.4) is 0 Å². The van der Waals surface area contributed by atoms with Crippen molar-refractivity contribution in [2.45, 2.75) is 58.1 Å². The first kappa shape index (κ1) is 19.5. The molecule has 7 heteroatoms. The number of thiazole rings is 1. The van der Waals surface area contributed by atoms with Gasteiger partial charge in [0.25, 0.3) is 5.91 Å². The molecule has 144 valence electrons. The Bertz CT molecular complexity index is 778. The van der Waals surface area contributed by atoms with E-state index in [4.69, 9.17) is 4.74 Å². The van der Waals surface area contributed by atoms with E-state index in [2.05, 4.69) is 22.2 Å². The summed E-state index contributed by atoms with van der Waals surface area (Å²) >= 11 is 1.46. The van der Waals surface area contributed by atoms with Crippen molar-refractivity contribution in [3.8, 4) is 10.6 Å². The van der Waals surface area contributed by atoms with E-state index in [-0.39, 0.29) is 18.4 Å². The van der Waals surface area contributed by atoms with Gasteiger partial charge in [-0.3, -0.25) is 14.6 Å².